The Labute approximate surface area is 138 Å². The molecule has 3 aliphatic heterocycles. The summed E-state index contributed by atoms with van der Waals surface area (Å²) in [5, 5.41) is 9.55. The van der Waals surface area contributed by atoms with E-state index in [-0.39, 0.29) is 16.8 Å². The summed E-state index contributed by atoms with van der Waals surface area (Å²) >= 11 is 8.24. The number of hydrogen-bond donors (Lipinski definition) is 1. The summed E-state index contributed by atoms with van der Waals surface area (Å²) < 4.78 is 6.84. The van der Waals surface area contributed by atoms with Crippen molar-refractivity contribution in [1.29, 1.82) is 0 Å². The van der Waals surface area contributed by atoms with Crippen molar-refractivity contribution in [3.05, 3.63) is 11.8 Å². The average molecular weight is 351 g/mol. The highest BCUT2D eigenvalue weighted by Crippen LogP contribution is 2.50. The van der Waals surface area contributed by atoms with Crippen molar-refractivity contribution in [2.75, 3.05) is 29.6 Å². The SMILES string of the molecule is OC[C@H]1CC2(C=C(CC3SCCCS3)O1)SCCCS2. The lowest BCUT2D eigenvalue weighted by atomic mass is 10.1. The molecule has 1 N–H and O–H groups in total. The van der Waals surface area contributed by atoms with Crippen LogP contribution in [-0.2, 0) is 4.74 Å². The zero-order valence-corrected chi connectivity index (χ0v) is 14.9. The summed E-state index contributed by atoms with van der Waals surface area (Å²) in [6.45, 7) is 0.144. The molecule has 1 atom stereocenters. The molecule has 3 heterocycles. The van der Waals surface area contributed by atoms with Gasteiger partial charge in [-0.15, -0.1) is 47.0 Å². The smallest absolute Gasteiger partial charge is 0.124 e. The lowest BCUT2D eigenvalue weighted by Gasteiger charge is -2.40. The van der Waals surface area contributed by atoms with Crippen LogP contribution in [0.3, 0.4) is 0 Å². The second kappa shape index (κ2) is 7.44. The number of ether oxygens (including phenoxy) is 1. The number of aliphatic hydroxyl groups is 1. The fourth-order valence-electron chi connectivity index (χ4n) is 2.73. The van der Waals surface area contributed by atoms with Crippen molar-refractivity contribution < 1.29 is 9.84 Å². The molecule has 20 heavy (non-hydrogen) atoms. The standard InChI is InChI=1S/C14H22O2S4/c15-10-12-9-14(19-5-2-6-20-14)8-11(16-12)7-13-17-3-1-4-18-13/h8,12-13,15H,1-7,9-10H2/t12-/m1/s1. The van der Waals surface area contributed by atoms with Crippen LogP contribution in [0.25, 0.3) is 0 Å². The normalized spacial score (nSPS) is 30.9. The van der Waals surface area contributed by atoms with Gasteiger partial charge in [0.2, 0.25) is 0 Å². The quantitative estimate of drug-likeness (QED) is 0.833. The average Bonchev–Trinajstić information content (AvgIpc) is 2.48. The largest absolute Gasteiger partial charge is 0.492 e. The van der Waals surface area contributed by atoms with Crippen LogP contribution in [0.2, 0.25) is 0 Å². The maximum Gasteiger partial charge on any atom is 0.124 e. The summed E-state index contributed by atoms with van der Waals surface area (Å²) in [7, 11) is 0. The predicted octanol–water partition coefficient (Wildman–Crippen LogP) is 3.80. The van der Waals surface area contributed by atoms with Crippen molar-refractivity contribution in [1.82, 2.24) is 0 Å². The minimum absolute atomic E-state index is 0.00769. The Morgan fingerprint density at radius 2 is 1.85 bits per heavy atom. The monoisotopic (exact) mass is 350 g/mol. The highest BCUT2D eigenvalue weighted by Gasteiger charge is 2.39. The maximum absolute atomic E-state index is 9.55. The molecule has 2 saturated heterocycles. The highest BCUT2D eigenvalue weighted by molar-refractivity contribution is 8.19. The van der Waals surface area contributed by atoms with Crippen molar-refractivity contribution in [2.24, 2.45) is 0 Å². The maximum atomic E-state index is 9.55. The minimum atomic E-state index is -0.00769. The Bertz CT molecular complexity index is 349. The third-order valence-corrected chi connectivity index (χ3v) is 9.84. The molecule has 0 amide bonds. The van der Waals surface area contributed by atoms with Gasteiger partial charge in [0.25, 0.3) is 0 Å². The summed E-state index contributed by atoms with van der Waals surface area (Å²) in [6, 6.07) is 0. The molecule has 2 nitrogen and oxygen atoms in total. The molecule has 0 aromatic heterocycles. The number of thioether (sulfide) groups is 4. The van der Waals surface area contributed by atoms with Crippen molar-refractivity contribution in [3.8, 4) is 0 Å². The second-order valence-electron chi connectivity index (χ2n) is 5.33. The van der Waals surface area contributed by atoms with E-state index in [4.69, 9.17) is 4.74 Å². The van der Waals surface area contributed by atoms with Crippen LogP contribution in [0.15, 0.2) is 11.8 Å². The topological polar surface area (TPSA) is 29.5 Å². The van der Waals surface area contributed by atoms with Crippen LogP contribution in [-0.4, -0.2) is 49.5 Å². The van der Waals surface area contributed by atoms with E-state index in [1.54, 1.807) is 0 Å². The van der Waals surface area contributed by atoms with Crippen molar-refractivity contribution in [3.63, 3.8) is 0 Å². The van der Waals surface area contributed by atoms with E-state index in [1.165, 1.54) is 35.9 Å². The Balaban J connectivity index is 1.69. The van der Waals surface area contributed by atoms with E-state index in [0.29, 0.717) is 4.58 Å². The molecule has 0 unspecified atom stereocenters. The molecule has 0 bridgehead atoms. The molecule has 114 valence electrons. The Morgan fingerprint density at radius 3 is 2.55 bits per heavy atom. The van der Waals surface area contributed by atoms with Gasteiger partial charge in [-0.25, -0.2) is 0 Å². The van der Waals surface area contributed by atoms with Gasteiger partial charge in [-0.1, -0.05) is 0 Å². The number of hydrogen-bond acceptors (Lipinski definition) is 6. The molecule has 0 saturated carbocycles. The zero-order chi connectivity index (χ0) is 13.8. The first-order chi connectivity index (χ1) is 9.80. The Kier molecular flexibility index (Phi) is 5.88. The first-order valence-corrected chi connectivity index (χ1v) is 11.4. The first kappa shape index (κ1) is 15.8. The minimum Gasteiger partial charge on any atom is -0.492 e. The third kappa shape index (κ3) is 4.00. The van der Waals surface area contributed by atoms with Gasteiger partial charge >= 0.3 is 0 Å². The van der Waals surface area contributed by atoms with Crippen molar-refractivity contribution >= 4 is 47.0 Å². The fraction of sp³-hybridized carbons (Fsp3) is 0.857. The van der Waals surface area contributed by atoms with Crippen LogP contribution in [0.5, 0.6) is 0 Å². The second-order valence-corrected chi connectivity index (χ2v) is 11.4. The Morgan fingerprint density at radius 1 is 1.15 bits per heavy atom. The molecule has 2 fully saturated rings. The lowest BCUT2D eigenvalue weighted by Crippen LogP contribution is -2.36. The van der Waals surface area contributed by atoms with Gasteiger partial charge in [0.15, 0.2) is 0 Å². The number of rotatable bonds is 3. The van der Waals surface area contributed by atoms with Gasteiger partial charge in [0.1, 0.15) is 6.10 Å². The van der Waals surface area contributed by atoms with E-state index in [2.05, 4.69) is 53.1 Å². The van der Waals surface area contributed by atoms with Gasteiger partial charge < -0.3 is 9.84 Å². The molecule has 0 radical (unpaired) electrons. The molecule has 3 rings (SSSR count). The first-order valence-electron chi connectivity index (χ1n) is 7.30. The van der Waals surface area contributed by atoms with Crippen LogP contribution >= 0.6 is 47.0 Å². The molecule has 6 heteroatoms. The zero-order valence-electron chi connectivity index (χ0n) is 11.6. The van der Waals surface area contributed by atoms with E-state index in [1.807, 2.05) is 0 Å². The summed E-state index contributed by atoms with van der Waals surface area (Å²) in [6.07, 6.45) is 6.98. The van der Waals surface area contributed by atoms with E-state index >= 15 is 0 Å². The number of aliphatic hydroxyl groups excluding tert-OH is 1. The summed E-state index contributed by atoms with van der Waals surface area (Å²) in [5.41, 5.74) is 0. The van der Waals surface area contributed by atoms with Gasteiger partial charge in [-0.2, -0.15) is 0 Å². The lowest BCUT2D eigenvalue weighted by molar-refractivity contribution is 0.0394. The summed E-state index contributed by atoms with van der Waals surface area (Å²) in [4.78, 5) is 0. The van der Waals surface area contributed by atoms with Crippen LogP contribution in [0.1, 0.15) is 25.7 Å². The van der Waals surface area contributed by atoms with E-state index in [9.17, 15) is 5.11 Å². The van der Waals surface area contributed by atoms with E-state index in [0.717, 1.165) is 18.6 Å². The number of allylic oxidation sites excluding steroid dienone is 1. The molecule has 1 spiro atoms. The van der Waals surface area contributed by atoms with Gasteiger partial charge in [-0.05, 0) is 41.9 Å². The van der Waals surface area contributed by atoms with Gasteiger partial charge in [0.05, 0.1) is 21.0 Å². The fourth-order valence-corrected chi connectivity index (χ4v) is 8.91. The molecule has 0 aliphatic carbocycles. The van der Waals surface area contributed by atoms with Crippen LogP contribution in [0.4, 0.5) is 0 Å². The highest BCUT2D eigenvalue weighted by atomic mass is 32.2. The summed E-state index contributed by atoms with van der Waals surface area (Å²) in [5.74, 6) is 6.17. The van der Waals surface area contributed by atoms with E-state index < -0.39 is 0 Å². The Hall–Kier alpha value is 0.900. The van der Waals surface area contributed by atoms with Crippen LogP contribution in [0, 0.1) is 0 Å². The van der Waals surface area contributed by atoms with Gasteiger partial charge in [0, 0.05) is 12.8 Å². The third-order valence-electron chi connectivity index (χ3n) is 3.66. The molecule has 3 aliphatic rings. The van der Waals surface area contributed by atoms with Gasteiger partial charge in [-0.3, -0.25) is 0 Å². The molecule has 0 aromatic carbocycles. The molecular weight excluding hydrogens is 328 g/mol. The molecule has 0 aromatic rings. The predicted molar refractivity (Wildman–Crippen MR) is 94.9 cm³/mol. The molecular formula is C14H22O2S4. The van der Waals surface area contributed by atoms with Crippen molar-refractivity contribution in [2.45, 2.75) is 40.4 Å². The van der Waals surface area contributed by atoms with Crippen LogP contribution < -0.4 is 0 Å².